The summed E-state index contributed by atoms with van der Waals surface area (Å²) in [7, 11) is 1.82. The predicted octanol–water partition coefficient (Wildman–Crippen LogP) is -0.276. The van der Waals surface area contributed by atoms with Crippen LogP contribution in [0.2, 0.25) is 0 Å². The molecule has 4 heteroatoms. The largest absolute Gasteiger partial charge is 0.578 e. The lowest BCUT2D eigenvalue weighted by molar-refractivity contribution is 0.234. The summed E-state index contributed by atoms with van der Waals surface area (Å²) in [4.78, 5) is 5.03. The van der Waals surface area contributed by atoms with Crippen LogP contribution in [-0.4, -0.2) is 36.8 Å². The number of rotatable bonds is 3. The molecule has 0 aromatic carbocycles. The highest BCUT2D eigenvalue weighted by molar-refractivity contribution is 4.99. The number of aliphatic hydroxyl groups excluding tert-OH is 1. The van der Waals surface area contributed by atoms with Gasteiger partial charge in [-0.2, -0.15) is 0 Å². The Morgan fingerprint density at radius 2 is 2.40 bits per heavy atom. The summed E-state index contributed by atoms with van der Waals surface area (Å²) < 4.78 is 0. The minimum Gasteiger partial charge on any atom is -0.395 e. The van der Waals surface area contributed by atoms with Crippen molar-refractivity contribution in [3.05, 3.63) is 4.85 Å². The molecule has 0 atom stereocenters. The van der Waals surface area contributed by atoms with E-state index in [4.69, 9.17) is 10.4 Å². The van der Waals surface area contributed by atoms with Crippen LogP contribution in [0.1, 0.15) is 0 Å². The number of nitriles is 1. The Bertz CT molecular complexity index is 174. The molecule has 0 aromatic heterocycles. The first-order chi connectivity index (χ1) is 4.81. The second-order valence-corrected chi connectivity index (χ2v) is 1.83. The first-order valence-corrected chi connectivity index (χ1v) is 2.92. The van der Waals surface area contributed by atoms with Gasteiger partial charge in [0.2, 0.25) is 0 Å². The maximum Gasteiger partial charge on any atom is 0.578 e. The van der Waals surface area contributed by atoms with E-state index in [1.807, 2.05) is 7.05 Å². The zero-order valence-electron chi connectivity index (χ0n) is 5.91. The lowest BCUT2D eigenvalue weighted by Gasteiger charge is -2.07. The van der Waals surface area contributed by atoms with Gasteiger partial charge in [0.05, 0.1) is 6.61 Å². The molecule has 0 bridgehead atoms. The van der Waals surface area contributed by atoms with Gasteiger partial charge in [-0.3, -0.25) is 4.90 Å². The molecule has 0 heterocycles. The van der Waals surface area contributed by atoms with E-state index in [9.17, 15) is 0 Å². The summed E-state index contributed by atoms with van der Waals surface area (Å²) in [6, 6.07) is 2.50. The molecule has 0 spiro atoms. The maximum absolute atomic E-state index is 8.43. The van der Waals surface area contributed by atoms with Gasteiger partial charge in [-0.25, -0.2) is 0 Å². The molecule has 0 fully saturated rings. The highest BCUT2D eigenvalue weighted by atomic mass is 16.3. The summed E-state index contributed by atoms with van der Waals surface area (Å²) >= 11 is 0. The average Bonchev–Trinajstić information content (AvgIpc) is 1.89. The number of hydrogen-bond acceptors (Lipinski definition) is 3. The number of likely N-dealkylation sites (N-methyl/N-ethyl adjacent to an activating group) is 1. The van der Waals surface area contributed by atoms with Crippen molar-refractivity contribution in [1.29, 1.82) is 5.26 Å². The molecule has 0 aliphatic rings. The standard InChI is InChI=1S/C6H10N3O/c1-9(4-5-10)3-2-8-6-7/h10H,3-5H2,1H3/q+1. The third kappa shape index (κ3) is 5.04. The lowest BCUT2D eigenvalue weighted by atomic mass is 10.5. The highest BCUT2D eigenvalue weighted by Crippen LogP contribution is 1.77. The molecule has 4 nitrogen and oxygen atoms in total. The van der Waals surface area contributed by atoms with Gasteiger partial charge in [-0.05, 0) is 7.05 Å². The van der Waals surface area contributed by atoms with Crippen molar-refractivity contribution in [2.75, 3.05) is 26.7 Å². The number of nitrogens with zero attached hydrogens (tertiary/aromatic N) is 3. The van der Waals surface area contributed by atoms with Crippen LogP contribution in [0.5, 0.6) is 0 Å². The van der Waals surface area contributed by atoms with E-state index >= 15 is 0 Å². The normalized spacial score (nSPS) is 8.20. The van der Waals surface area contributed by atoms with Crippen LogP contribution in [0.4, 0.5) is 0 Å². The molecular weight excluding hydrogens is 130 g/mol. The van der Waals surface area contributed by atoms with Gasteiger partial charge < -0.3 is 5.11 Å². The average molecular weight is 140 g/mol. The summed E-state index contributed by atoms with van der Waals surface area (Å²) in [6.07, 6.45) is 1.59. The Labute approximate surface area is 60.1 Å². The third-order valence-corrected chi connectivity index (χ3v) is 0.951. The molecule has 0 radical (unpaired) electrons. The third-order valence-electron chi connectivity index (χ3n) is 0.951. The van der Waals surface area contributed by atoms with Gasteiger partial charge in [0, 0.05) is 6.54 Å². The van der Waals surface area contributed by atoms with Gasteiger partial charge in [0.1, 0.15) is 6.54 Å². The van der Waals surface area contributed by atoms with E-state index in [1.165, 1.54) is 0 Å². The van der Waals surface area contributed by atoms with Gasteiger partial charge >= 0.3 is 6.19 Å². The Kier molecular flexibility index (Phi) is 5.36. The SMILES string of the molecule is CN(CC#[N+]C#N)CCO. The smallest absolute Gasteiger partial charge is 0.395 e. The Hall–Kier alpha value is -1.10. The Morgan fingerprint density at radius 3 is 2.90 bits per heavy atom. The topological polar surface area (TPSA) is 51.6 Å². The van der Waals surface area contributed by atoms with Crippen molar-refractivity contribution in [1.82, 2.24) is 4.90 Å². The molecule has 0 saturated heterocycles. The van der Waals surface area contributed by atoms with E-state index < -0.39 is 0 Å². The van der Waals surface area contributed by atoms with Crippen molar-refractivity contribution in [3.63, 3.8) is 0 Å². The van der Waals surface area contributed by atoms with Crippen LogP contribution in [0.15, 0.2) is 0 Å². The van der Waals surface area contributed by atoms with Crippen molar-refractivity contribution >= 4 is 0 Å². The van der Waals surface area contributed by atoms with E-state index in [0.717, 1.165) is 0 Å². The molecule has 0 aliphatic carbocycles. The molecule has 54 valence electrons. The van der Waals surface area contributed by atoms with Crippen LogP contribution in [0.25, 0.3) is 4.85 Å². The molecule has 0 unspecified atom stereocenters. The van der Waals surface area contributed by atoms with Crippen molar-refractivity contribution in [2.24, 2.45) is 0 Å². The van der Waals surface area contributed by atoms with Crippen LogP contribution >= 0.6 is 0 Å². The van der Waals surface area contributed by atoms with Crippen LogP contribution in [0.3, 0.4) is 0 Å². The molecule has 0 aliphatic heterocycles. The van der Waals surface area contributed by atoms with E-state index in [0.29, 0.717) is 13.1 Å². The fourth-order valence-corrected chi connectivity index (χ4v) is 0.441. The fraction of sp³-hybridized carbons (Fsp3) is 0.667. The first kappa shape index (κ1) is 8.90. The van der Waals surface area contributed by atoms with Crippen molar-refractivity contribution in [3.8, 4) is 12.3 Å². The number of aliphatic hydroxyl groups is 1. The summed E-state index contributed by atoms with van der Waals surface area (Å²) in [5.74, 6) is 0. The summed E-state index contributed by atoms with van der Waals surface area (Å²) in [6.45, 7) is 1.17. The van der Waals surface area contributed by atoms with Crippen LogP contribution in [0, 0.1) is 17.5 Å². The monoisotopic (exact) mass is 140 g/mol. The van der Waals surface area contributed by atoms with Crippen molar-refractivity contribution < 1.29 is 5.11 Å². The first-order valence-electron chi connectivity index (χ1n) is 2.92. The van der Waals surface area contributed by atoms with Crippen LogP contribution < -0.4 is 0 Å². The summed E-state index contributed by atoms with van der Waals surface area (Å²) in [5, 5.41) is 16.4. The fourth-order valence-electron chi connectivity index (χ4n) is 0.441. The molecule has 0 aromatic rings. The molecule has 0 amide bonds. The zero-order valence-corrected chi connectivity index (χ0v) is 5.91. The van der Waals surface area contributed by atoms with Gasteiger partial charge in [0.15, 0.2) is 11.3 Å². The molecular formula is C6H10N3O+. The predicted molar refractivity (Wildman–Crippen MR) is 37.4 cm³/mol. The zero-order chi connectivity index (χ0) is 7.82. The van der Waals surface area contributed by atoms with Gasteiger partial charge in [0.25, 0.3) is 0 Å². The van der Waals surface area contributed by atoms with E-state index in [1.54, 1.807) is 11.1 Å². The second kappa shape index (κ2) is 6.03. The lowest BCUT2D eigenvalue weighted by Crippen LogP contribution is -2.21. The maximum atomic E-state index is 8.43. The second-order valence-electron chi connectivity index (χ2n) is 1.83. The molecule has 1 N–H and O–H groups in total. The molecule has 0 rings (SSSR count). The quantitative estimate of drug-likeness (QED) is 0.433. The molecule has 0 saturated carbocycles. The van der Waals surface area contributed by atoms with Gasteiger partial charge in [-0.15, -0.1) is 0 Å². The Balaban J connectivity index is 3.40. The minimum absolute atomic E-state index is 0.116. The summed E-state index contributed by atoms with van der Waals surface area (Å²) in [5.41, 5.74) is 0. The Morgan fingerprint density at radius 1 is 1.70 bits per heavy atom. The molecule has 10 heavy (non-hydrogen) atoms. The minimum atomic E-state index is 0.116. The van der Waals surface area contributed by atoms with Gasteiger partial charge in [-0.1, -0.05) is 4.85 Å². The van der Waals surface area contributed by atoms with E-state index in [-0.39, 0.29) is 6.61 Å². The van der Waals surface area contributed by atoms with Crippen LogP contribution in [-0.2, 0) is 0 Å². The number of hydrogen-bond donors (Lipinski definition) is 1. The highest BCUT2D eigenvalue weighted by Gasteiger charge is 1.93. The van der Waals surface area contributed by atoms with E-state index in [2.05, 4.69) is 10.9 Å². The van der Waals surface area contributed by atoms with Crippen molar-refractivity contribution in [2.45, 2.75) is 0 Å².